The molecule has 2 aromatic rings. The van der Waals surface area contributed by atoms with Crippen molar-refractivity contribution in [1.82, 2.24) is 4.90 Å². The van der Waals surface area contributed by atoms with Crippen molar-refractivity contribution in [1.29, 1.82) is 0 Å². The summed E-state index contributed by atoms with van der Waals surface area (Å²) in [7, 11) is 0. The van der Waals surface area contributed by atoms with E-state index >= 15 is 0 Å². The number of aliphatic carboxylic acids is 2. The second-order valence-electron chi connectivity index (χ2n) is 9.95. The SMILES string of the molecule is CCCCN(CCCC)CCCON=C(C)C=C1C(=O)N(c2ccccc2C)C1c1ccccc1.O=C(O)C(=O)O. The number of allylic oxidation sites excluding steroid dienone is 1. The largest absolute Gasteiger partial charge is 0.473 e. The molecule has 1 amide bonds. The molecule has 9 nitrogen and oxygen atoms in total. The predicted octanol–water partition coefficient (Wildman–Crippen LogP) is 5.85. The number of carbonyl (C=O) groups excluding carboxylic acids is 1. The molecule has 3 rings (SSSR count). The number of oxime groups is 1. The van der Waals surface area contributed by atoms with E-state index in [2.05, 4.69) is 36.0 Å². The van der Waals surface area contributed by atoms with Crippen LogP contribution in [0.2, 0.25) is 0 Å². The first-order valence-corrected chi connectivity index (χ1v) is 14.2. The summed E-state index contributed by atoms with van der Waals surface area (Å²) in [5, 5.41) is 19.1. The number of amides is 1. The Labute approximate surface area is 243 Å². The van der Waals surface area contributed by atoms with E-state index in [9.17, 15) is 4.79 Å². The molecular formula is C32H43N3O6. The standard InChI is InChI=1S/C30H41N3O2.C2H2O4/c1-5-7-19-32(20-8-6-2)21-14-22-35-31-25(4)23-27-29(26-16-10-9-11-17-26)33(30(27)34)28-18-13-12-15-24(28)3;3-1(4)2(5)6/h9-13,15-18,23,29H,5-8,14,19-22H2,1-4H3;(H,3,4)(H,5,6). The van der Waals surface area contributed by atoms with E-state index in [0.29, 0.717) is 12.3 Å². The fourth-order valence-electron chi connectivity index (χ4n) is 4.48. The van der Waals surface area contributed by atoms with Crippen molar-refractivity contribution in [3.8, 4) is 0 Å². The topological polar surface area (TPSA) is 120 Å². The maximum absolute atomic E-state index is 13.2. The van der Waals surface area contributed by atoms with E-state index < -0.39 is 11.9 Å². The minimum atomic E-state index is -1.82. The van der Waals surface area contributed by atoms with Gasteiger partial charge in [0, 0.05) is 17.8 Å². The van der Waals surface area contributed by atoms with Crippen LogP contribution in [-0.4, -0.2) is 64.9 Å². The summed E-state index contributed by atoms with van der Waals surface area (Å²) in [6, 6.07) is 18.1. The lowest BCUT2D eigenvalue weighted by atomic mass is 9.86. The highest BCUT2D eigenvalue weighted by Gasteiger charge is 2.44. The zero-order valence-electron chi connectivity index (χ0n) is 24.6. The molecule has 1 aliphatic heterocycles. The van der Waals surface area contributed by atoms with E-state index in [1.807, 2.05) is 67.3 Å². The third kappa shape index (κ3) is 10.5. The fraction of sp³-hybridized carbons (Fsp3) is 0.438. The number of hydrogen-bond donors (Lipinski definition) is 2. The number of rotatable bonds is 14. The molecule has 2 aromatic carbocycles. The normalized spacial score (nSPS) is 15.8. The predicted molar refractivity (Wildman–Crippen MR) is 161 cm³/mol. The quantitative estimate of drug-likeness (QED) is 0.0736. The number of hydrogen-bond acceptors (Lipinski definition) is 6. The molecule has 1 saturated heterocycles. The van der Waals surface area contributed by atoms with Gasteiger partial charge in [-0.2, -0.15) is 0 Å². The van der Waals surface area contributed by atoms with Gasteiger partial charge in [-0.3, -0.25) is 9.69 Å². The lowest BCUT2D eigenvalue weighted by molar-refractivity contribution is -0.159. The van der Waals surface area contributed by atoms with E-state index in [-0.39, 0.29) is 11.9 Å². The molecule has 1 aliphatic rings. The van der Waals surface area contributed by atoms with Crippen LogP contribution in [0.15, 0.2) is 71.4 Å². The van der Waals surface area contributed by atoms with Crippen molar-refractivity contribution in [2.45, 2.75) is 65.8 Å². The Morgan fingerprint density at radius 3 is 2.05 bits per heavy atom. The first-order valence-electron chi connectivity index (χ1n) is 14.2. The van der Waals surface area contributed by atoms with Crippen LogP contribution < -0.4 is 4.90 Å². The van der Waals surface area contributed by atoms with E-state index in [4.69, 9.17) is 24.6 Å². The molecule has 0 radical (unpaired) electrons. The molecule has 2 N–H and O–H groups in total. The van der Waals surface area contributed by atoms with Gasteiger partial charge < -0.3 is 20.0 Å². The number of anilines is 1. The highest BCUT2D eigenvalue weighted by atomic mass is 16.6. The Morgan fingerprint density at radius 2 is 1.49 bits per heavy atom. The lowest BCUT2D eigenvalue weighted by Crippen LogP contribution is -2.49. The van der Waals surface area contributed by atoms with Crippen LogP contribution in [0.5, 0.6) is 0 Å². The highest BCUT2D eigenvalue weighted by Crippen LogP contribution is 2.44. The van der Waals surface area contributed by atoms with Gasteiger partial charge in [0.25, 0.3) is 5.91 Å². The van der Waals surface area contributed by atoms with Crippen LogP contribution in [0.25, 0.3) is 0 Å². The van der Waals surface area contributed by atoms with Gasteiger partial charge in [-0.25, -0.2) is 9.59 Å². The highest BCUT2D eigenvalue weighted by molar-refractivity contribution is 6.27. The zero-order valence-corrected chi connectivity index (χ0v) is 24.6. The average molecular weight is 566 g/mol. The summed E-state index contributed by atoms with van der Waals surface area (Å²) in [6.45, 7) is 12.4. The molecule has 1 fully saturated rings. The van der Waals surface area contributed by atoms with Crippen molar-refractivity contribution in [2.24, 2.45) is 5.16 Å². The maximum Gasteiger partial charge on any atom is 0.414 e. The second-order valence-corrected chi connectivity index (χ2v) is 9.95. The van der Waals surface area contributed by atoms with Gasteiger partial charge in [-0.1, -0.05) is 80.4 Å². The van der Waals surface area contributed by atoms with Crippen molar-refractivity contribution in [3.05, 3.63) is 77.4 Å². The number of nitrogens with zero attached hydrogens (tertiary/aromatic N) is 3. The third-order valence-electron chi connectivity index (χ3n) is 6.63. The van der Waals surface area contributed by atoms with Crippen molar-refractivity contribution < 1.29 is 29.4 Å². The molecule has 1 atom stereocenters. The molecule has 0 bridgehead atoms. The van der Waals surface area contributed by atoms with Gasteiger partial charge >= 0.3 is 11.9 Å². The number of carbonyl (C=O) groups is 3. The Balaban J connectivity index is 0.000000883. The second kappa shape index (κ2) is 17.7. The average Bonchev–Trinajstić information content (AvgIpc) is 2.96. The number of β-lactam (4-membered cyclic amide) rings is 1. The Morgan fingerprint density at radius 1 is 0.927 bits per heavy atom. The van der Waals surface area contributed by atoms with Gasteiger partial charge in [-0.15, -0.1) is 0 Å². The number of carboxylic acid groups (broad SMARTS) is 2. The van der Waals surface area contributed by atoms with Gasteiger partial charge in [-0.05, 0) is 69.5 Å². The van der Waals surface area contributed by atoms with E-state index in [0.717, 1.165) is 48.4 Å². The van der Waals surface area contributed by atoms with Crippen LogP contribution in [0.4, 0.5) is 5.69 Å². The smallest absolute Gasteiger partial charge is 0.414 e. The molecule has 0 spiro atoms. The molecule has 0 saturated carbocycles. The molecule has 222 valence electrons. The molecule has 1 unspecified atom stereocenters. The summed E-state index contributed by atoms with van der Waals surface area (Å²) in [5.41, 5.74) is 4.59. The van der Waals surface area contributed by atoms with Crippen LogP contribution in [-0.2, 0) is 19.2 Å². The number of para-hydroxylation sites is 1. The molecule has 41 heavy (non-hydrogen) atoms. The number of carboxylic acids is 2. The molecule has 0 aliphatic carbocycles. The first kappa shape index (κ1) is 33.2. The summed E-state index contributed by atoms with van der Waals surface area (Å²) in [4.78, 5) is 41.5. The van der Waals surface area contributed by atoms with Gasteiger partial charge in [0.05, 0.1) is 11.8 Å². The minimum Gasteiger partial charge on any atom is -0.473 e. The maximum atomic E-state index is 13.2. The number of aryl methyl sites for hydroxylation is 1. The summed E-state index contributed by atoms with van der Waals surface area (Å²) < 4.78 is 0. The minimum absolute atomic E-state index is 0.0187. The Bertz CT molecular complexity index is 1170. The number of benzene rings is 2. The number of unbranched alkanes of at least 4 members (excludes halogenated alkanes) is 2. The summed E-state index contributed by atoms with van der Waals surface area (Å²) >= 11 is 0. The van der Waals surface area contributed by atoms with Crippen LogP contribution in [0, 0.1) is 6.92 Å². The van der Waals surface area contributed by atoms with Crippen molar-refractivity contribution in [2.75, 3.05) is 31.1 Å². The third-order valence-corrected chi connectivity index (χ3v) is 6.63. The van der Waals surface area contributed by atoms with Crippen molar-refractivity contribution >= 4 is 29.2 Å². The first-order chi connectivity index (χ1) is 19.7. The molecule has 1 heterocycles. The van der Waals surface area contributed by atoms with Gasteiger partial charge in [0.2, 0.25) is 0 Å². The lowest BCUT2D eigenvalue weighted by Gasteiger charge is -2.43. The van der Waals surface area contributed by atoms with Crippen LogP contribution in [0.1, 0.15) is 70.0 Å². The Kier molecular flexibility index (Phi) is 14.3. The molecule has 0 aromatic heterocycles. The fourth-order valence-corrected chi connectivity index (χ4v) is 4.48. The summed E-state index contributed by atoms with van der Waals surface area (Å²) in [6.07, 6.45) is 7.76. The van der Waals surface area contributed by atoms with E-state index in [1.54, 1.807) is 0 Å². The zero-order chi connectivity index (χ0) is 30.2. The van der Waals surface area contributed by atoms with E-state index in [1.165, 1.54) is 25.7 Å². The molecule has 9 heteroatoms. The van der Waals surface area contributed by atoms with Gasteiger partial charge in [0.1, 0.15) is 6.61 Å². The van der Waals surface area contributed by atoms with Crippen molar-refractivity contribution in [3.63, 3.8) is 0 Å². The Hall–Kier alpha value is -3.98. The summed E-state index contributed by atoms with van der Waals surface area (Å²) in [5.74, 6) is -3.63. The monoisotopic (exact) mass is 565 g/mol. The van der Waals surface area contributed by atoms with Gasteiger partial charge in [0.15, 0.2) is 0 Å². The van der Waals surface area contributed by atoms with Crippen LogP contribution >= 0.6 is 0 Å². The van der Waals surface area contributed by atoms with Crippen LogP contribution in [0.3, 0.4) is 0 Å². The molecular weight excluding hydrogens is 522 g/mol.